The Bertz CT molecular complexity index is 301. The second-order valence-corrected chi connectivity index (χ2v) is 5.81. The molecule has 1 N–H and O–H groups in total. The van der Waals surface area contributed by atoms with Crippen molar-refractivity contribution in [1.29, 1.82) is 0 Å². The van der Waals surface area contributed by atoms with Gasteiger partial charge in [-0.15, -0.1) is 0 Å². The first-order chi connectivity index (χ1) is 7.70. The van der Waals surface area contributed by atoms with Crippen LogP contribution in [0.15, 0.2) is 0 Å². The van der Waals surface area contributed by atoms with Gasteiger partial charge in [-0.1, -0.05) is 26.2 Å². The van der Waals surface area contributed by atoms with Crippen LogP contribution in [0.25, 0.3) is 0 Å². The Morgan fingerprint density at radius 3 is 2.62 bits per heavy atom. The standard InChI is InChI=1S/C13H21NO2/c1-10-11(15)14-13(5-3-2-4-6-13)12(10)7-8-16-9-12/h10H,2-9H2,1H3,(H,14,15). The maximum absolute atomic E-state index is 12.0. The van der Waals surface area contributed by atoms with E-state index in [1.54, 1.807) is 0 Å². The van der Waals surface area contributed by atoms with Crippen LogP contribution >= 0.6 is 0 Å². The molecule has 1 aliphatic carbocycles. The average Bonchev–Trinajstić information content (AvgIpc) is 2.85. The topological polar surface area (TPSA) is 38.3 Å². The predicted octanol–water partition coefficient (Wildman–Crippen LogP) is 1.86. The Labute approximate surface area is 96.9 Å². The molecule has 3 nitrogen and oxygen atoms in total. The number of hydrogen-bond acceptors (Lipinski definition) is 2. The fourth-order valence-electron chi connectivity index (χ4n) is 4.21. The molecule has 2 spiro atoms. The zero-order valence-corrected chi connectivity index (χ0v) is 10.1. The minimum absolute atomic E-state index is 0.0677. The molecule has 1 amide bonds. The van der Waals surface area contributed by atoms with Crippen LogP contribution in [-0.2, 0) is 9.53 Å². The van der Waals surface area contributed by atoms with Crippen LogP contribution < -0.4 is 5.32 Å². The Balaban J connectivity index is 1.99. The van der Waals surface area contributed by atoms with E-state index in [9.17, 15) is 4.79 Å². The van der Waals surface area contributed by atoms with Crippen molar-refractivity contribution in [1.82, 2.24) is 5.32 Å². The van der Waals surface area contributed by atoms with Crippen LogP contribution in [-0.4, -0.2) is 24.7 Å². The van der Waals surface area contributed by atoms with Crippen molar-refractivity contribution in [3.63, 3.8) is 0 Å². The van der Waals surface area contributed by atoms with E-state index < -0.39 is 0 Å². The first-order valence-electron chi connectivity index (χ1n) is 6.60. The summed E-state index contributed by atoms with van der Waals surface area (Å²) in [7, 11) is 0. The van der Waals surface area contributed by atoms with Gasteiger partial charge in [-0.25, -0.2) is 0 Å². The van der Waals surface area contributed by atoms with Gasteiger partial charge in [-0.05, 0) is 19.3 Å². The number of hydrogen-bond donors (Lipinski definition) is 1. The zero-order valence-electron chi connectivity index (χ0n) is 10.1. The van der Waals surface area contributed by atoms with E-state index in [-0.39, 0.29) is 22.8 Å². The van der Waals surface area contributed by atoms with Gasteiger partial charge >= 0.3 is 0 Å². The Hall–Kier alpha value is -0.570. The van der Waals surface area contributed by atoms with Gasteiger partial charge < -0.3 is 10.1 Å². The van der Waals surface area contributed by atoms with Gasteiger partial charge in [0.15, 0.2) is 0 Å². The SMILES string of the molecule is CC1C(=O)NC2(CCCCC2)C12CCOC2. The quantitative estimate of drug-likeness (QED) is 0.680. The van der Waals surface area contributed by atoms with E-state index in [0.29, 0.717) is 0 Å². The molecule has 2 unspecified atom stereocenters. The van der Waals surface area contributed by atoms with Gasteiger partial charge in [0.25, 0.3) is 0 Å². The third-order valence-corrected chi connectivity index (χ3v) is 5.30. The molecule has 16 heavy (non-hydrogen) atoms. The molecule has 90 valence electrons. The highest BCUT2D eigenvalue weighted by atomic mass is 16.5. The first-order valence-corrected chi connectivity index (χ1v) is 6.60. The number of nitrogens with one attached hydrogen (secondary N) is 1. The van der Waals surface area contributed by atoms with E-state index in [2.05, 4.69) is 12.2 Å². The van der Waals surface area contributed by atoms with E-state index >= 15 is 0 Å². The molecular weight excluding hydrogens is 202 g/mol. The second kappa shape index (κ2) is 3.46. The number of carbonyl (C=O) groups excluding carboxylic acids is 1. The fourth-order valence-corrected chi connectivity index (χ4v) is 4.21. The van der Waals surface area contributed by atoms with Crippen molar-refractivity contribution in [3.8, 4) is 0 Å². The monoisotopic (exact) mass is 223 g/mol. The molecule has 3 heteroatoms. The largest absolute Gasteiger partial charge is 0.381 e. The summed E-state index contributed by atoms with van der Waals surface area (Å²) in [4.78, 5) is 12.0. The highest BCUT2D eigenvalue weighted by Gasteiger charge is 2.63. The van der Waals surface area contributed by atoms with Gasteiger partial charge in [-0.3, -0.25) is 4.79 Å². The molecule has 0 radical (unpaired) electrons. The lowest BCUT2D eigenvalue weighted by molar-refractivity contribution is -0.123. The highest BCUT2D eigenvalue weighted by molar-refractivity contribution is 5.83. The summed E-state index contributed by atoms with van der Waals surface area (Å²) in [6.07, 6.45) is 7.22. The lowest BCUT2D eigenvalue weighted by Gasteiger charge is -2.46. The van der Waals surface area contributed by atoms with Crippen molar-refractivity contribution in [2.45, 2.75) is 51.0 Å². The second-order valence-electron chi connectivity index (χ2n) is 5.81. The van der Waals surface area contributed by atoms with Crippen LogP contribution in [0.3, 0.4) is 0 Å². The fraction of sp³-hybridized carbons (Fsp3) is 0.923. The van der Waals surface area contributed by atoms with Crippen LogP contribution in [0.1, 0.15) is 45.4 Å². The summed E-state index contributed by atoms with van der Waals surface area (Å²) >= 11 is 0. The minimum atomic E-state index is 0.0677. The normalized spacial score (nSPS) is 41.8. The van der Waals surface area contributed by atoms with E-state index in [1.165, 1.54) is 19.3 Å². The Morgan fingerprint density at radius 2 is 2.00 bits per heavy atom. The molecule has 3 fully saturated rings. The molecule has 3 rings (SSSR count). The van der Waals surface area contributed by atoms with Crippen molar-refractivity contribution in [2.75, 3.05) is 13.2 Å². The number of fused-ring (bicyclic) bond motifs is 1. The molecule has 0 aromatic heterocycles. The summed E-state index contributed by atoms with van der Waals surface area (Å²) in [5.74, 6) is 0.389. The minimum Gasteiger partial charge on any atom is -0.381 e. The van der Waals surface area contributed by atoms with Gasteiger partial charge in [0.1, 0.15) is 0 Å². The number of ether oxygens (including phenoxy) is 1. The number of carbonyl (C=O) groups is 1. The van der Waals surface area contributed by atoms with Crippen LogP contribution in [0.4, 0.5) is 0 Å². The van der Waals surface area contributed by atoms with E-state index in [0.717, 1.165) is 32.5 Å². The average molecular weight is 223 g/mol. The van der Waals surface area contributed by atoms with Crippen molar-refractivity contribution < 1.29 is 9.53 Å². The molecule has 1 saturated carbocycles. The lowest BCUT2D eigenvalue weighted by Crippen LogP contribution is -2.54. The Kier molecular flexibility index (Phi) is 2.29. The molecule has 0 aromatic carbocycles. The summed E-state index contributed by atoms with van der Waals surface area (Å²) in [5.41, 5.74) is 0.169. The van der Waals surface area contributed by atoms with Gasteiger partial charge in [0.2, 0.25) is 5.91 Å². The van der Waals surface area contributed by atoms with Crippen molar-refractivity contribution in [3.05, 3.63) is 0 Å². The third-order valence-electron chi connectivity index (χ3n) is 5.30. The summed E-state index contributed by atoms with van der Waals surface area (Å²) < 4.78 is 5.64. The molecule has 3 aliphatic rings. The number of amides is 1. The maximum Gasteiger partial charge on any atom is 0.224 e. The van der Waals surface area contributed by atoms with Crippen LogP contribution in [0.2, 0.25) is 0 Å². The van der Waals surface area contributed by atoms with Crippen molar-refractivity contribution >= 4 is 5.91 Å². The Morgan fingerprint density at radius 1 is 1.25 bits per heavy atom. The summed E-state index contributed by atoms with van der Waals surface area (Å²) in [6, 6.07) is 0. The van der Waals surface area contributed by atoms with E-state index in [1.807, 2.05) is 0 Å². The predicted molar refractivity (Wildman–Crippen MR) is 61.0 cm³/mol. The zero-order chi connectivity index (χ0) is 11.2. The van der Waals surface area contributed by atoms with Gasteiger partial charge in [0, 0.05) is 23.5 Å². The molecule has 0 aromatic rings. The summed E-state index contributed by atoms with van der Waals surface area (Å²) in [6.45, 7) is 3.71. The molecule has 2 atom stereocenters. The molecule has 2 heterocycles. The summed E-state index contributed by atoms with van der Waals surface area (Å²) in [5, 5.41) is 3.33. The highest BCUT2D eigenvalue weighted by Crippen LogP contribution is 2.55. The smallest absolute Gasteiger partial charge is 0.224 e. The molecule has 2 saturated heterocycles. The van der Waals surface area contributed by atoms with Gasteiger partial charge in [0.05, 0.1) is 6.61 Å². The van der Waals surface area contributed by atoms with Crippen LogP contribution in [0.5, 0.6) is 0 Å². The molecule has 2 aliphatic heterocycles. The molecular formula is C13H21NO2. The first kappa shape index (κ1) is 10.6. The third kappa shape index (κ3) is 1.15. The molecule has 0 bridgehead atoms. The lowest BCUT2D eigenvalue weighted by atomic mass is 9.60. The van der Waals surface area contributed by atoms with Crippen molar-refractivity contribution in [2.24, 2.45) is 11.3 Å². The number of rotatable bonds is 0. The van der Waals surface area contributed by atoms with Gasteiger partial charge in [-0.2, -0.15) is 0 Å². The maximum atomic E-state index is 12.0. The van der Waals surface area contributed by atoms with Crippen LogP contribution in [0, 0.1) is 11.3 Å². The van der Waals surface area contributed by atoms with E-state index in [4.69, 9.17) is 4.74 Å².